The van der Waals surface area contributed by atoms with E-state index >= 15 is 0 Å². The Morgan fingerprint density at radius 1 is 1.44 bits per heavy atom. The molecule has 0 aliphatic carbocycles. The number of nitrogens with zero attached hydrogens (tertiary/aromatic N) is 1. The fourth-order valence-corrected chi connectivity index (χ4v) is 2.34. The van der Waals surface area contributed by atoms with Gasteiger partial charge in [0.05, 0.1) is 12.2 Å². The molecule has 1 N–H and O–H groups in total. The first kappa shape index (κ1) is 13.4. The van der Waals surface area contributed by atoms with Gasteiger partial charge in [-0.15, -0.1) is 0 Å². The van der Waals surface area contributed by atoms with Crippen LogP contribution < -0.4 is 5.32 Å². The molecule has 0 unspecified atom stereocenters. The second kappa shape index (κ2) is 5.32. The molecule has 0 spiro atoms. The zero-order chi connectivity index (χ0) is 13.2. The fourth-order valence-electron chi connectivity index (χ4n) is 2.34. The van der Waals surface area contributed by atoms with E-state index in [0.717, 1.165) is 12.1 Å². The van der Waals surface area contributed by atoms with Crippen molar-refractivity contribution in [3.63, 3.8) is 0 Å². The number of alkyl halides is 3. The predicted molar refractivity (Wildman–Crippen MR) is 62.1 cm³/mol. The van der Waals surface area contributed by atoms with Crippen molar-refractivity contribution in [1.82, 2.24) is 10.2 Å². The fraction of sp³-hybridized carbons (Fsp3) is 0.667. The van der Waals surface area contributed by atoms with Gasteiger partial charge in [0, 0.05) is 32.9 Å². The van der Waals surface area contributed by atoms with Gasteiger partial charge in [0.15, 0.2) is 0 Å². The lowest BCUT2D eigenvalue weighted by Gasteiger charge is -2.34. The van der Waals surface area contributed by atoms with Gasteiger partial charge in [-0.25, -0.2) is 0 Å². The quantitative estimate of drug-likeness (QED) is 0.837. The van der Waals surface area contributed by atoms with Crippen LogP contribution in [0.4, 0.5) is 13.2 Å². The highest BCUT2D eigenvalue weighted by Gasteiger charge is 2.39. The van der Waals surface area contributed by atoms with Crippen molar-refractivity contribution in [2.75, 3.05) is 39.9 Å². The molecular formula is C12H17F3N2O. The molecule has 0 aromatic carbocycles. The molecule has 0 aromatic heterocycles. The van der Waals surface area contributed by atoms with Crippen LogP contribution in [-0.2, 0) is 4.74 Å². The van der Waals surface area contributed by atoms with Crippen LogP contribution in [0.15, 0.2) is 22.9 Å². The number of methoxy groups -OCH3 is 1. The number of ether oxygens (including phenoxy) is 1. The topological polar surface area (TPSA) is 24.5 Å². The first-order chi connectivity index (χ1) is 8.52. The predicted octanol–water partition coefficient (Wildman–Crippen LogP) is 1.68. The average molecular weight is 262 g/mol. The summed E-state index contributed by atoms with van der Waals surface area (Å²) in [4.78, 5) is 1.69. The molecule has 0 radical (unpaired) electrons. The van der Waals surface area contributed by atoms with E-state index in [4.69, 9.17) is 4.74 Å². The lowest BCUT2D eigenvalue weighted by atomic mass is 9.92. The van der Waals surface area contributed by atoms with Crippen molar-refractivity contribution >= 4 is 0 Å². The molecule has 0 saturated carbocycles. The minimum atomic E-state index is -4.29. The maximum atomic E-state index is 13.0. The summed E-state index contributed by atoms with van der Waals surface area (Å²) in [6.07, 6.45) is -2.37. The number of hydrogen-bond acceptors (Lipinski definition) is 3. The van der Waals surface area contributed by atoms with E-state index in [1.54, 1.807) is 12.0 Å². The molecule has 0 fully saturated rings. The second-order valence-electron chi connectivity index (χ2n) is 4.51. The third-order valence-electron chi connectivity index (χ3n) is 3.25. The van der Waals surface area contributed by atoms with Gasteiger partial charge in [-0.2, -0.15) is 13.2 Å². The normalized spacial score (nSPS) is 20.9. The third kappa shape index (κ3) is 2.87. The molecule has 2 aliphatic rings. The van der Waals surface area contributed by atoms with E-state index in [0.29, 0.717) is 38.2 Å². The van der Waals surface area contributed by atoms with Crippen LogP contribution in [0.1, 0.15) is 6.42 Å². The maximum Gasteiger partial charge on any atom is 0.418 e. The van der Waals surface area contributed by atoms with Gasteiger partial charge in [-0.05, 0) is 24.1 Å². The number of nitrogens with one attached hydrogen (secondary N) is 1. The molecule has 6 heteroatoms. The maximum absolute atomic E-state index is 13.0. The molecule has 0 saturated heterocycles. The standard InChI is InChI=1S/C12H17F3N2O/c1-18-5-4-17-7-9-2-3-16-6-10(9)11(8-17)12(13,14)15/h8,16H,2-7H2,1H3. The van der Waals surface area contributed by atoms with Crippen molar-refractivity contribution < 1.29 is 17.9 Å². The van der Waals surface area contributed by atoms with Crippen molar-refractivity contribution in [2.24, 2.45) is 0 Å². The van der Waals surface area contributed by atoms with E-state index in [1.165, 1.54) is 6.20 Å². The highest BCUT2D eigenvalue weighted by atomic mass is 19.4. The van der Waals surface area contributed by atoms with Crippen LogP contribution in [0, 0.1) is 0 Å². The molecule has 0 amide bonds. The van der Waals surface area contributed by atoms with Gasteiger partial charge in [0.2, 0.25) is 0 Å². The van der Waals surface area contributed by atoms with Crippen molar-refractivity contribution in [1.29, 1.82) is 0 Å². The molecular weight excluding hydrogens is 245 g/mol. The first-order valence-electron chi connectivity index (χ1n) is 5.96. The SMILES string of the molecule is COCCN1C=C(C(F)(F)F)C2=C(CCNC2)C1. The van der Waals surface area contributed by atoms with E-state index in [2.05, 4.69) is 5.32 Å². The Balaban J connectivity index is 2.23. The van der Waals surface area contributed by atoms with Crippen molar-refractivity contribution in [2.45, 2.75) is 12.6 Å². The van der Waals surface area contributed by atoms with Crippen LogP contribution in [0.2, 0.25) is 0 Å². The smallest absolute Gasteiger partial charge is 0.383 e. The Morgan fingerprint density at radius 3 is 2.89 bits per heavy atom. The van der Waals surface area contributed by atoms with Gasteiger partial charge in [-0.1, -0.05) is 0 Å². The molecule has 0 aromatic rings. The zero-order valence-corrected chi connectivity index (χ0v) is 10.3. The lowest BCUT2D eigenvalue weighted by Crippen LogP contribution is -2.38. The Kier molecular flexibility index (Phi) is 3.97. The second-order valence-corrected chi connectivity index (χ2v) is 4.51. The summed E-state index contributed by atoms with van der Waals surface area (Å²) in [5.41, 5.74) is 0.828. The number of rotatable bonds is 3. The van der Waals surface area contributed by atoms with Crippen LogP contribution in [0.3, 0.4) is 0 Å². The van der Waals surface area contributed by atoms with Crippen LogP contribution >= 0.6 is 0 Å². The summed E-state index contributed by atoms with van der Waals surface area (Å²) in [7, 11) is 1.55. The van der Waals surface area contributed by atoms with Crippen LogP contribution in [0.5, 0.6) is 0 Å². The van der Waals surface area contributed by atoms with Gasteiger partial charge in [-0.3, -0.25) is 0 Å². The summed E-state index contributed by atoms with van der Waals surface area (Å²) in [6.45, 7) is 2.57. The van der Waals surface area contributed by atoms with Gasteiger partial charge < -0.3 is 15.0 Å². The number of halogens is 3. The summed E-state index contributed by atoms with van der Waals surface area (Å²) < 4.78 is 44.0. The lowest BCUT2D eigenvalue weighted by molar-refractivity contribution is -0.0913. The molecule has 2 heterocycles. The molecule has 2 rings (SSSR count). The summed E-state index contributed by atoms with van der Waals surface area (Å²) >= 11 is 0. The minimum Gasteiger partial charge on any atom is -0.383 e. The summed E-state index contributed by atoms with van der Waals surface area (Å²) in [6, 6.07) is 0. The summed E-state index contributed by atoms with van der Waals surface area (Å²) in [5, 5.41) is 3.00. The van der Waals surface area contributed by atoms with Crippen LogP contribution in [0.25, 0.3) is 0 Å². The molecule has 0 atom stereocenters. The summed E-state index contributed by atoms with van der Waals surface area (Å²) in [5.74, 6) is 0. The van der Waals surface area contributed by atoms with Crippen LogP contribution in [-0.4, -0.2) is 51.0 Å². The Labute approximate surface area is 104 Å². The van der Waals surface area contributed by atoms with E-state index in [-0.39, 0.29) is 0 Å². The van der Waals surface area contributed by atoms with E-state index < -0.39 is 11.7 Å². The van der Waals surface area contributed by atoms with Gasteiger partial charge >= 0.3 is 6.18 Å². The minimum absolute atomic E-state index is 0.318. The average Bonchev–Trinajstić information content (AvgIpc) is 2.34. The highest BCUT2D eigenvalue weighted by Crippen LogP contribution is 2.37. The largest absolute Gasteiger partial charge is 0.418 e. The van der Waals surface area contributed by atoms with Gasteiger partial charge in [0.25, 0.3) is 0 Å². The Morgan fingerprint density at radius 2 is 2.22 bits per heavy atom. The Bertz CT molecular complexity index is 374. The van der Waals surface area contributed by atoms with Gasteiger partial charge in [0.1, 0.15) is 0 Å². The molecule has 18 heavy (non-hydrogen) atoms. The van der Waals surface area contributed by atoms with E-state index in [1.807, 2.05) is 0 Å². The highest BCUT2D eigenvalue weighted by molar-refractivity contribution is 5.44. The zero-order valence-electron chi connectivity index (χ0n) is 10.3. The Hall–Kier alpha value is -1.01. The molecule has 102 valence electrons. The molecule has 2 aliphatic heterocycles. The van der Waals surface area contributed by atoms with Crippen molar-refractivity contribution in [3.8, 4) is 0 Å². The monoisotopic (exact) mass is 262 g/mol. The third-order valence-corrected chi connectivity index (χ3v) is 3.25. The van der Waals surface area contributed by atoms with E-state index in [9.17, 15) is 13.2 Å². The first-order valence-corrected chi connectivity index (χ1v) is 5.96. The molecule has 3 nitrogen and oxygen atoms in total. The van der Waals surface area contributed by atoms with Crippen molar-refractivity contribution in [3.05, 3.63) is 22.9 Å². The number of hydrogen-bond donors (Lipinski definition) is 1. The molecule has 0 bridgehead atoms.